The monoisotopic (exact) mass is 392 g/mol. The zero-order valence-electron chi connectivity index (χ0n) is 16.6. The number of rotatable bonds is 2. The Morgan fingerprint density at radius 3 is 2.46 bits per heavy atom. The second-order valence-corrected chi connectivity index (χ2v) is 10.7. The van der Waals surface area contributed by atoms with Crippen LogP contribution in [0.25, 0.3) is 11.3 Å². The molecular weight excluding hydrogens is 364 g/mol. The summed E-state index contributed by atoms with van der Waals surface area (Å²) in [7, 11) is 0. The van der Waals surface area contributed by atoms with Gasteiger partial charge < -0.3 is 4.57 Å². The first-order valence-corrected chi connectivity index (χ1v) is 11.9. The molecule has 1 aromatic carbocycles. The number of aromatic nitrogens is 1. The van der Waals surface area contributed by atoms with Crippen molar-refractivity contribution in [2.75, 3.05) is 0 Å². The van der Waals surface area contributed by atoms with Gasteiger partial charge in [0.15, 0.2) is 4.80 Å². The molecule has 7 rings (SSSR count). The lowest BCUT2D eigenvalue weighted by atomic mass is 9.49. The second kappa shape index (κ2) is 6.16. The highest BCUT2D eigenvalue weighted by Crippen LogP contribution is 2.60. The fraction of sp³-hybridized carbons (Fsp3) is 0.583. The van der Waals surface area contributed by atoms with Gasteiger partial charge in [0.25, 0.3) is 5.91 Å². The molecule has 5 aliphatic rings. The van der Waals surface area contributed by atoms with E-state index in [1.54, 1.807) is 11.3 Å². The van der Waals surface area contributed by atoms with Crippen molar-refractivity contribution in [2.45, 2.75) is 64.8 Å². The molecule has 4 saturated carbocycles. The normalized spacial score (nSPS) is 33.0. The summed E-state index contributed by atoms with van der Waals surface area (Å²) < 4.78 is 2.30. The molecule has 3 nitrogen and oxygen atoms in total. The lowest BCUT2D eigenvalue weighted by Crippen LogP contribution is -2.49. The summed E-state index contributed by atoms with van der Waals surface area (Å²) in [5.41, 5.74) is 3.94. The van der Waals surface area contributed by atoms with Crippen molar-refractivity contribution in [3.63, 3.8) is 0 Å². The van der Waals surface area contributed by atoms with Crippen LogP contribution in [-0.2, 0) is 24.2 Å². The highest BCUT2D eigenvalue weighted by molar-refractivity contribution is 7.09. The van der Waals surface area contributed by atoms with Gasteiger partial charge in [-0.3, -0.25) is 4.79 Å². The fourth-order valence-electron chi connectivity index (χ4n) is 7.10. The minimum atomic E-state index is -0.136. The first kappa shape index (κ1) is 17.2. The summed E-state index contributed by atoms with van der Waals surface area (Å²) in [5.74, 6) is 2.55. The highest BCUT2D eigenvalue weighted by Gasteiger charge is 2.54. The number of carbonyl (C=O) groups is 1. The third-order valence-corrected chi connectivity index (χ3v) is 9.02. The SMILES string of the molecule is CCn1c2c(sc1=NC(=O)C13CC4CC(CC(C4)C1)C3)CCc1ccccc1-2. The molecule has 4 fully saturated rings. The van der Waals surface area contributed by atoms with Crippen LogP contribution in [0.1, 0.15) is 55.9 Å². The van der Waals surface area contributed by atoms with Crippen molar-refractivity contribution in [3.8, 4) is 11.3 Å². The lowest BCUT2D eigenvalue weighted by Gasteiger charge is -2.55. The average molecular weight is 393 g/mol. The van der Waals surface area contributed by atoms with Crippen LogP contribution < -0.4 is 4.80 Å². The second-order valence-electron chi connectivity index (χ2n) is 9.67. The van der Waals surface area contributed by atoms with Gasteiger partial charge in [0, 0.05) is 17.0 Å². The molecule has 28 heavy (non-hydrogen) atoms. The summed E-state index contributed by atoms with van der Waals surface area (Å²) in [6, 6.07) is 8.74. The first-order chi connectivity index (χ1) is 13.6. The molecule has 1 heterocycles. The Morgan fingerprint density at radius 2 is 1.79 bits per heavy atom. The zero-order chi connectivity index (χ0) is 18.9. The maximum absolute atomic E-state index is 13.5. The standard InChI is InChI=1S/C24H28N2OS/c1-2-26-21-19-6-4-3-5-18(19)7-8-20(21)28-23(26)25-22(27)24-12-15-9-16(13-24)11-17(10-15)14-24/h3-6,15-17H,2,7-14H2,1H3. The zero-order valence-corrected chi connectivity index (χ0v) is 17.4. The third-order valence-electron chi connectivity index (χ3n) is 7.88. The number of aryl methyl sites for hydroxylation is 2. The number of hydrogen-bond donors (Lipinski definition) is 0. The maximum Gasteiger partial charge on any atom is 0.254 e. The van der Waals surface area contributed by atoms with Gasteiger partial charge in [0.2, 0.25) is 0 Å². The Hall–Kier alpha value is -1.68. The Balaban J connectivity index is 1.44. The Kier molecular flexibility index (Phi) is 3.78. The molecule has 4 bridgehead atoms. The fourth-order valence-corrected chi connectivity index (χ4v) is 8.30. The predicted molar refractivity (Wildman–Crippen MR) is 112 cm³/mol. The molecule has 5 aliphatic carbocycles. The van der Waals surface area contributed by atoms with E-state index in [1.165, 1.54) is 41.0 Å². The van der Waals surface area contributed by atoms with E-state index in [9.17, 15) is 4.79 Å². The quantitative estimate of drug-likeness (QED) is 0.710. The van der Waals surface area contributed by atoms with Gasteiger partial charge in [0.05, 0.1) is 11.1 Å². The molecule has 0 aliphatic heterocycles. The maximum atomic E-state index is 13.5. The summed E-state index contributed by atoms with van der Waals surface area (Å²) in [4.78, 5) is 20.7. The van der Waals surface area contributed by atoms with E-state index in [2.05, 4.69) is 35.8 Å². The Bertz CT molecular complexity index is 992. The van der Waals surface area contributed by atoms with Crippen LogP contribution in [0.5, 0.6) is 0 Å². The van der Waals surface area contributed by atoms with Crippen molar-refractivity contribution in [2.24, 2.45) is 28.2 Å². The van der Waals surface area contributed by atoms with Crippen molar-refractivity contribution >= 4 is 17.2 Å². The molecule has 1 amide bonds. The molecular formula is C24H28N2OS. The van der Waals surface area contributed by atoms with Gasteiger partial charge in [-0.1, -0.05) is 24.3 Å². The van der Waals surface area contributed by atoms with Gasteiger partial charge in [-0.15, -0.1) is 11.3 Å². The van der Waals surface area contributed by atoms with E-state index in [0.717, 1.165) is 61.2 Å². The van der Waals surface area contributed by atoms with Gasteiger partial charge in [-0.2, -0.15) is 4.99 Å². The molecule has 0 unspecified atom stereocenters. The number of benzene rings is 1. The van der Waals surface area contributed by atoms with E-state index < -0.39 is 0 Å². The van der Waals surface area contributed by atoms with E-state index in [1.807, 2.05) is 0 Å². The third kappa shape index (κ3) is 2.46. The van der Waals surface area contributed by atoms with Crippen molar-refractivity contribution in [1.82, 2.24) is 4.57 Å². The molecule has 4 heteroatoms. The minimum absolute atomic E-state index is 0.136. The van der Waals surface area contributed by atoms with E-state index in [-0.39, 0.29) is 11.3 Å². The van der Waals surface area contributed by atoms with E-state index >= 15 is 0 Å². The Labute approximate surface area is 170 Å². The summed E-state index contributed by atoms with van der Waals surface area (Å²) >= 11 is 1.76. The molecule has 146 valence electrons. The van der Waals surface area contributed by atoms with Crippen molar-refractivity contribution in [1.29, 1.82) is 0 Å². The van der Waals surface area contributed by atoms with Crippen molar-refractivity contribution in [3.05, 3.63) is 39.5 Å². The largest absolute Gasteiger partial charge is 0.316 e. The van der Waals surface area contributed by atoms with Gasteiger partial charge in [0.1, 0.15) is 0 Å². The number of carbonyl (C=O) groups excluding carboxylic acids is 1. The van der Waals surface area contributed by atoms with Crippen LogP contribution in [0.4, 0.5) is 0 Å². The molecule has 0 saturated heterocycles. The van der Waals surface area contributed by atoms with Crippen LogP contribution in [0.15, 0.2) is 29.3 Å². The van der Waals surface area contributed by atoms with Crippen LogP contribution in [0.2, 0.25) is 0 Å². The predicted octanol–water partition coefficient (Wildman–Crippen LogP) is 4.98. The highest BCUT2D eigenvalue weighted by atomic mass is 32.1. The number of nitrogens with zero attached hydrogens (tertiary/aromatic N) is 2. The average Bonchev–Trinajstić information content (AvgIpc) is 3.04. The van der Waals surface area contributed by atoms with Crippen LogP contribution in [0, 0.1) is 23.2 Å². The molecule has 0 N–H and O–H groups in total. The molecule has 0 atom stereocenters. The smallest absolute Gasteiger partial charge is 0.254 e. The van der Waals surface area contributed by atoms with Crippen molar-refractivity contribution < 1.29 is 4.79 Å². The van der Waals surface area contributed by atoms with E-state index in [4.69, 9.17) is 4.99 Å². The van der Waals surface area contributed by atoms with Crippen LogP contribution in [-0.4, -0.2) is 10.5 Å². The molecule has 1 aromatic heterocycles. The Morgan fingerprint density at radius 1 is 1.11 bits per heavy atom. The number of hydrogen-bond acceptors (Lipinski definition) is 2. The van der Waals surface area contributed by atoms with Gasteiger partial charge >= 0.3 is 0 Å². The summed E-state index contributed by atoms with van der Waals surface area (Å²) in [5, 5.41) is 0. The van der Waals surface area contributed by atoms with Crippen LogP contribution >= 0.6 is 11.3 Å². The molecule has 0 radical (unpaired) electrons. The lowest BCUT2D eigenvalue weighted by molar-refractivity contribution is -0.142. The topological polar surface area (TPSA) is 34.4 Å². The number of fused-ring (bicyclic) bond motifs is 3. The van der Waals surface area contributed by atoms with E-state index in [0.29, 0.717) is 0 Å². The molecule has 2 aromatic rings. The van der Waals surface area contributed by atoms with Gasteiger partial charge in [-0.05, 0) is 81.6 Å². The molecule has 0 spiro atoms. The number of thiazole rings is 1. The minimum Gasteiger partial charge on any atom is -0.316 e. The summed E-state index contributed by atoms with van der Waals surface area (Å²) in [6.45, 7) is 3.05. The first-order valence-electron chi connectivity index (χ1n) is 11.0. The van der Waals surface area contributed by atoms with Gasteiger partial charge in [-0.25, -0.2) is 0 Å². The van der Waals surface area contributed by atoms with Crippen LogP contribution in [0.3, 0.4) is 0 Å². The summed E-state index contributed by atoms with van der Waals surface area (Å²) in [6.07, 6.45) is 9.56. The number of amides is 1.